The third-order valence-electron chi connectivity index (χ3n) is 2.51. The van der Waals surface area contributed by atoms with E-state index >= 15 is 0 Å². The first-order valence-corrected chi connectivity index (χ1v) is 7.28. The van der Waals surface area contributed by atoms with Crippen molar-refractivity contribution < 1.29 is 0 Å². The van der Waals surface area contributed by atoms with E-state index < -0.39 is 0 Å². The Hall–Kier alpha value is -0.970. The first-order chi connectivity index (χ1) is 8.81. The van der Waals surface area contributed by atoms with Crippen LogP contribution in [0, 0.1) is 0 Å². The molecule has 3 nitrogen and oxygen atoms in total. The van der Waals surface area contributed by atoms with Crippen LogP contribution in [0.15, 0.2) is 24.3 Å². The van der Waals surface area contributed by atoms with Gasteiger partial charge in [0.1, 0.15) is 10.0 Å². The van der Waals surface area contributed by atoms with E-state index in [2.05, 4.69) is 22.4 Å². The van der Waals surface area contributed by atoms with Crippen LogP contribution < -0.4 is 5.32 Å². The van der Waals surface area contributed by atoms with Gasteiger partial charge < -0.3 is 5.32 Å². The Morgan fingerprint density at radius 3 is 2.83 bits per heavy atom. The molecule has 5 heteroatoms. The number of rotatable bonds is 6. The first-order valence-electron chi connectivity index (χ1n) is 6.09. The molecule has 1 N–H and O–H groups in total. The number of hydrogen-bond acceptors (Lipinski definition) is 4. The van der Waals surface area contributed by atoms with Gasteiger partial charge in [0.15, 0.2) is 0 Å². The molecule has 0 aliphatic rings. The van der Waals surface area contributed by atoms with E-state index in [0.717, 1.165) is 46.5 Å². The van der Waals surface area contributed by atoms with Crippen LogP contribution in [-0.4, -0.2) is 23.3 Å². The third-order valence-corrected chi connectivity index (χ3v) is 3.86. The van der Waals surface area contributed by atoms with Crippen molar-refractivity contribution in [2.75, 3.05) is 13.1 Å². The molecule has 96 valence electrons. The van der Waals surface area contributed by atoms with E-state index in [1.807, 2.05) is 24.3 Å². The topological polar surface area (TPSA) is 37.8 Å². The number of halogens is 1. The summed E-state index contributed by atoms with van der Waals surface area (Å²) in [6.45, 7) is 4.16. The number of nitrogens with one attached hydrogen (secondary N) is 1. The fraction of sp³-hybridized carbons (Fsp3) is 0.385. The lowest BCUT2D eigenvalue weighted by atomic mass is 10.2. The highest BCUT2D eigenvalue weighted by Gasteiger charge is 2.09. The molecule has 0 amide bonds. The van der Waals surface area contributed by atoms with Gasteiger partial charge in [-0.3, -0.25) is 0 Å². The summed E-state index contributed by atoms with van der Waals surface area (Å²) in [5.74, 6) is 0. The summed E-state index contributed by atoms with van der Waals surface area (Å²) in [6, 6.07) is 7.73. The number of hydrogen-bond donors (Lipinski definition) is 1. The Morgan fingerprint density at radius 1 is 1.22 bits per heavy atom. The normalized spacial score (nSPS) is 10.8. The van der Waals surface area contributed by atoms with Crippen LogP contribution in [0.25, 0.3) is 10.6 Å². The molecule has 0 bridgehead atoms. The van der Waals surface area contributed by atoms with Gasteiger partial charge in [0.05, 0.1) is 5.02 Å². The van der Waals surface area contributed by atoms with E-state index in [9.17, 15) is 0 Å². The maximum atomic E-state index is 6.14. The summed E-state index contributed by atoms with van der Waals surface area (Å²) in [4.78, 5) is 0. The Labute approximate surface area is 116 Å². The maximum Gasteiger partial charge on any atom is 0.149 e. The number of aromatic nitrogens is 2. The van der Waals surface area contributed by atoms with Crippen molar-refractivity contribution in [3.05, 3.63) is 34.3 Å². The highest BCUT2D eigenvalue weighted by Crippen LogP contribution is 2.29. The molecule has 0 atom stereocenters. The average Bonchev–Trinajstić information content (AvgIpc) is 2.84. The van der Waals surface area contributed by atoms with Gasteiger partial charge in [-0.1, -0.05) is 48.1 Å². The Bertz CT molecular complexity index is 498. The molecule has 0 fully saturated rings. The van der Waals surface area contributed by atoms with E-state index in [-0.39, 0.29) is 0 Å². The molecule has 0 unspecified atom stereocenters. The largest absolute Gasteiger partial charge is 0.316 e. The van der Waals surface area contributed by atoms with E-state index in [0.29, 0.717) is 0 Å². The molecule has 1 aromatic heterocycles. The molecule has 0 aliphatic carbocycles. The molecule has 0 spiro atoms. The summed E-state index contributed by atoms with van der Waals surface area (Å²) >= 11 is 7.75. The standard InChI is InChI=1S/C13H16ClN3S/c1-2-8-15-9-7-12-16-17-13(18-12)10-5-3-4-6-11(10)14/h3-6,15H,2,7-9H2,1H3. The molecule has 18 heavy (non-hydrogen) atoms. The number of nitrogens with zero attached hydrogens (tertiary/aromatic N) is 2. The van der Waals surface area contributed by atoms with Gasteiger partial charge in [0, 0.05) is 18.5 Å². The minimum absolute atomic E-state index is 0.726. The lowest BCUT2D eigenvalue weighted by Gasteiger charge is -1.99. The van der Waals surface area contributed by atoms with Gasteiger partial charge >= 0.3 is 0 Å². The Balaban J connectivity index is 2.00. The highest BCUT2D eigenvalue weighted by molar-refractivity contribution is 7.14. The van der Waals surface area contributed by atoms with Crippen LogP contribution in [0.5, 0.6) is 0 Å². The second-order valence-electron chi connectivity index (χ2n) is 3.98. The van der Waals surface area contributed by atoms with Crippen molar-refractivity contribution in [2.24, 2.45) is 0 Å². The van der Waals surface area contributed by atoms with Gasteiger partial charge in [0.25, 0.3) is 0 Å². The van der Waals surface area contributed by atoms with Crippen LogP contribution in [0.2, 0.25) is 5.02 Å². The Kier molecular flexibility index (Phi) is 5.11. The lowest BCUT2D eigenvalue weighted by Crippen LogP contribution is -2.17. The second-order valence-corrected chi connectivity index (χ2v) is 5.45. The van der Waals surface area contributed by atoms with E-state index in [1.54, 1.807) is 11.3 Å². The average molecular weight is 282 g/mol. The fourth-order valence-corrected chi connectivity index (χ4v) is 2.76. The van der Waals surface area contributed by atoms with Gasteiger partial charge in [-0.25, -0.2) is 0 Å². The highest BCUT2D eigenvalue weighted by atomic mass is 35.5. The van der Waals surface area contributed by atoms with E-state index in [1.165, 1.54) is 0 Å². The zero-order valence-electron chi connectivity index (χ0n) is 10.3. The summed E-state index contributed by atoms with van der Waals surface area (Å²) in [6.07, 6.45) is 2.07. The van der Waals surface area contributed by atoms with Crippen molar-refractivity contribution in [3.63, 3.8) is 0 Å². The van der Waals surface area contributed by atoms with Gasteiger partial charge in [-0.2, -0.15) is 0 Å². The molecule has 0 aliphatic heterocycles. The van der Waals surface area contributed by atoms with Crippen LogP contribution in [0.1, 0.15) is 18.4 Å². The van der Waals surface area contributed by atoms with Crippen LogP contribution in [-0.2, 0) is 6.42 Å². The van der Waals surface area contributed by atoms with Crippen molar-refractivity contribution in [3.8, 4) is 10.6 Å². The lowest BCUT2D eigenvalue weighted by molar-refractivity contribution is 0.668. The van der Waals surface area contributed by atoms with Crippen LogP contribution in [0.4, 0.5) is 0 Å². The molecule has 0 saturated carbocycles. The maximum absolute atomic E-state index is 6.14. The summed E-state index contributed by atoms with van der Waals surface area (Å²) < 4.78 is 0. The summed E-state index contributed by atoms with van der Waals surface area (Å²) in [7, 11) is 0. The van der Waals surface area contributed by atoms with Crippen LogP contribution in [0.3, 0.4) is 0 Å². The SMILES string of the molecule is CCCNCCc1nnc(-c2ccccc2Cl)s1. The molecule has 2 rings (SSSR count). The minimum atomic E-state index is 0.726. The predicted molar refractivity (Wildman–Crippen MR) is 77.2 cm³/mol. The molecular weight excluding hydrogens is 266 g/mol. The zero-order chi connectivity index (χ0) is 12.8. The molecule has 0 radical (unpaired) electrons. The zero-order valence-corrected chi connectivity index (χ0v) is 11.9. The summed E-state index contributed by atoms with van der Waals surface area (Å²) in [5.41, 5.74) is 0.962. The van der Waals surface area contributed by atoms with Gasteiger partial charge in [0.2, 0.25) is 0 Å². The second kappa shape index (κ2) is 6.83. The smallest absolute Gasteiger partial charge is 0.149 e. The number of benzene rings is 1. The molecule has 1 aromatic carbocycles. The molecule has 1 heterocycles. The molecular formula is C13H16ClN3S. The van der Waals surface area contributed by atoms with Gasteiger partial charge in [-0.05, 0) is 19.0 Å². The van der Waals surface area contributed by atoms with Crippen molar-refractivity contribution in [1.82, 2.24) is 15.5 Å². The minimum Gasteiger partial charge on any atom is -0.316 e. The third kappa shape index (κ3) is 3.51. The molecule has 2 aromatic rings. The quantitative estimate of drug-likeness (QED) is 0.825. The first kappa shape index (κ1) is 13.5. The van der Waals surface area contributed by atoms with Crippen molar-refractivity contribution in [2.45, 2.75) is 19.8 Å². The van der Waals surface area contributed by atoms with E-state index in [4.69, 9.17) is 11.6 Å². The van der Waals surface area contributed by atoms with Gasteiger partial charge in [-0.15, -0.1) is 10.2 Å². The predicted octanol–water partition coefficient (Wildman–Crippen LogP) is 3.40. The molecule has 0 saturated heterocycles. The Morgan fingerprint density at radius 2 is 2.06 bits per heavy atom. The monoisotopic (exact) mass is 281 g/mol. The van der Waals surface area contributed by atoms with Crippen molar-refractivity contribution in [1.29, 1.82) is 0 Å². The fourth-order valence-electron chi connectivity index (χ4n) is 1.60. The van der Waals surface area contributed by atoms with Crippen LogP contribution >= 0.6 is 22.9 Å². The van der Waals surface area contributed by atoms with Crippen molar-refractivity contribution >= 4 is 22.9 Å². The summed E-state index contributed by atoms with van der Waals surface area (Å²) in [5, 5.41) is 14.4.